The van der Waals surface area contributed by atoms with Crippen molar-refractivity contribution in [3.05, 3.63) is 230 Å². The molecule has 4 heterocycles. The number of hydrogen-bond acceptors (Lipinski definition) is 4. The van der Waals surface area contributed by atoms with Crippen molar-refractivity contribution in [1.29, 1.82) is 0 Å². The number of para-hydroxylation sites is 2. The van der Waals surface area contributed by atoms with E-state index in [0.29, 0.717) is 0 Å². The molecular formula is C65H46N4PtS. The van der Waals surface area contributed by atoms with E-state index in [-0.39, 0.29) is 26.5 Å². The number of fused-ring (bicyclic) bond motifs is 12. The summed E-state index contributed by atoms with van der Waals surface area (Å²) in [5.41, 5.74) is 20.3. The Bertz CT molecular complexity index is 4020. The smallest absolute Gasteiger partial charge is 0.352 e. The molecule has 0 spiro atoms. The summed E-state index contributed by atoms with van der Waals surface area (Å²) in [7, 11) is 0. The molecular weight excluding hydrogens is 1060 g/mol. The van der Waals surface area contributed by atoms with Gasteiger partial charge in [0.2, 0.25) is 0 Å². The number of aromatic nitrogens is 3. The van der Waals surface area contributed by atoms with E-state index in [9.17, 15) is 0 Å². The number of aryl methyl sites for hydroxylation is 1. The summed E-state index contributed by atoms with van der Waals surface area (Å²) in [4.78, 5) is 13.6. The minimum atomic E-state index is -0.0343. The van der Waals surface area contributed by atoms with Gasteiger partial charge in [-0.05, 0) is 132 Å². The first kappa shape index (κ1) is 44.5. The van der Waals surface area contributed by atoms with Crippen LogP contribution in [0.2, 0.25) is 0 Å². The van der Waals surface area contributed by atoms with Crippen molar-refractivity contribution >= 4 is 60.3 Å². The Morgan fingerprint density at radius 1 is 0.507 bits per heavy atom. The zero-order chi connectivity index (χ0) is 47.1. The van der Waals surface area contributed by atoms with Crippen LogP contribution in [0.5, 0.6) is 0 Å². The van der Waals surface area contributed by atoms with Gasteiger partial charge in [-0.25, -0.2) is 4.98 Å². The van der Waals surface area contributed by atoms with E-state index in [2.05, 4.69) is 243 Å². The Hall–Kier alpha value is -7.69. The first-order chi connectivity index (χ1) is 34.3. The Morgan fingerprint density at radius 2 is 1.11 bits per heavy atom. The molecule has 0 N–H and O–H groups in total. The largest absolute Gasteiger partial charge is 2.00 e. The Labute approximate surface area is 432 Å². The molecule has 1 aliphatic rings. The van der Waals surface area contributed by atoms with Crippen molar-refractivity contribution in [2.24, 2.45) is 0 Å². The average molecular weight is 1110 g/mol. The third kappa shape index (κ3) is 7.46. The molecule has 71 heavy (non-hydrogen) atoms. The molecule has 6 heteroatoms. The predicted octanol–water partition coefficient (Wildman–Crippen LogP) is 17.8. The maximum Gasteiger partial charge on any atom is 2.00 e. The van der Waals surface area contributed by atoms with Crippen LogP contribution in [0.25, 0.3) is 104 Å². The molecule has 0 atom stereocenters. The number of pyridine rings is 2. The second-order valence-electron chi connectivity index (χ2n) is 19.2. The van der Waals surface area contributed by atoms with E-state index in [1.54, 1.807) is 0 Å². The van der Waals surface area contributed by atoms with Crippen LogP contribution in [0, 0.1) is 19.1 Å². The SMILES string of the molecule is Cc1c(-c2ccc3c(c2)-c2ccccc2-c2ccccc2-c2ccccc2-3)sc2c(-c3[c-]c(N(c4[c-]c5c(cc4)c4ccccc4n5-c4cc(C(C)(C)C)ccn4)c4ccccc4)ccc3)nccc12.[Pt+2]. The number of benzene rings is 8. The Balaban J connectivity index is 0.00000517. The monoisotopic (exact) mass is 1110 g/mol. The van der Waals surface area contributed by atoms with Gasteiger partial charge in [0.1, 0.15) is 5.82 Å². The van der Waals surface area contributed by atoms with Gasteiger partial charge in [0, 0.05) is 38.9 Å². The van der Waals surface area contributed by atoms with Crippen LogP contribution in [0.1, 0.15) is 31.9 Å². The summed E-state index contributed by atoms with van der Waals surface area (Å²) in [6.07, 6.45) is 3.88. The van der Waals surface area contributed by atoms with Crippen LogP contribution in [0.4, 0.5) is 17.1 Å². The van der Waals surface area contributed by atoms with Gasteiger partial charge in [-0.1, -0.05) is 153 Å². The first-order valence-corrected chi connectivity index (χ1v) is 24.7. The summed E-state index contributed by atoms with van der Waals surface area (Å²) in [6.45, 7) is 8.99. The molecule has 0 bridgehead atoms. The molecule has 0 amide bonds. The van der Waals surface area contributed by atoms with Gasteiger partial charge in [0.25, 0.3) is 0 Å². The topological polar surface area (TPSA) is 34.0 Å². The minimum absolute atomic E-state index is 0. The molecule has 4 aromatic heterocycles. The number of anilines is 3. The van der Waals surface area contributed by atoms with Gasteiger partial charge in [0.05, 0.1) is 0 Å². The molecule has 0 radical (unpaired) electrons. The van der Waals surface area contributed by atoms with E-state index in [0.717, 1.165) is 60.6 Å². The van der Waals surface area contributed by atoms with Crippen molar-refractivity contribution in [3.8, 4) is 72.0 Å². The molecule has 12 aromatic rings. The summed E-state index contributed by atoms with van der Waals surface area (Å²) >= 11 is 1.82. The zero-order valence-corrected chi connectivity index (χ0v) is 42.7. The van der Waals surface area contributed by atoms with Crippen LogP contribution in [-0.2, 0) is 26.5 Å². The third-order valence-corrected chi connectivity index (χ3v) is 15.4. The van der Waals surface area contributed by atoms with Crippen LogP contribution in [-0.4, -0.2) is 14.5 Å². The average Bonchev–Trinajstić information content (AvgIpc) is 3.92. The maximum atomic E-state index is 5.12. The van der Waals surface area contributed by atoms with Crippen molar-refractivity contribution in [1.82, 2.24) is 14.5 Å². The van der Waals surface area contributed by atoms with E-state index in [1.807, 2.05) is 23.7 Å². The van der Waals surface area contributed by atoms with Gasteiger partial charge in [-0.3, -0.25) is 0 Å². The fourth-order valence-electron chi connectivity index (χ4n) is 10.6. The normalized spacial score (nSPS) is 11.8. The maximum absolute atomic E-state index is 5.12. The molecule has 0 saturated carbocycles. The molecule has 342 valence electrons. The van der Waals surface area contributed by atoms with Crippen molar-refractivity contribution in [2.75, 3.05) is 4.90 Å². The summed E-state index contributed by atoms with van der Waals surface area (Å²) < 4.78 is 3.40. The van der Waals surface area contributed by atoms with Gasteiger partial charge < -0.3 is 14.5 Å². The minimum Gasteiger partial charge on any atom is -0.352 e. The predicted molar refractivity (Wildman–Crippen MR) is 294 cm³/mol. The van der Waals surface area contributed by atoms with Gasteiger partial charge in [-0.2, -0.15) is 6.07 Å². The second kappa shape index (κ2) is 17.6. The molecule has 0 unspecified atom stereocenters. The number of nitrogens with zero attached hydrogens (tertiary/aromatic N) is 4. The molecule has 0 aliphatic heterocycles. The van der Waals surface area contributed by atoms with Gasteiger partial charge >= 0.3 is 21.1 Å². The number of thiophene rings is 1. The van der Waals surface area contributed by atoms with E-state index < -0.39 is 0 Å². The van der Waals surface area contributed by atoms with Gasteiger partial charge in [0.15, 0.2) is 0 Å². The molecule has 13 rings (SSSR count). The fourth-order valence-corrected chi connectivity index (χ4v) is 11.9. The van der Waals surface area contributed by atoms with Crippen molar-refractivity contribution < 1.29 is 21.1 Å². The Kier molecular flexibility index (Phi) is 11.0. The summed E-state index contributed by atoms with van der Waals surface area (Å²) in [6, 6.07) is 77.8. The Morgan fingerprint density at radius 3 is 1.80 bits per heavy atom. The number of hydrogen-bond donors (Lipinski definition) is 0. The molecule has 0 fully saturated rings. The fraction of sp³-hybridized carbons (Fsp3) is 0.0769. The zero-order valence-electron chi connectivity index (χ0n) is 39.6. The van der Waals surface area contributed by atoms with E-state index in [1.165, 1.54) is 71.5 Å². The standard InChI is InChI=1S/C65H46N4S.Pt/c1-41-48-34-36-67-62(64(48)70-63(41)43-29-31-55-53-25-11-10-23-51(53)49-21-8-9-22-50(49)52-24-12-13-26-54(52)58(55)38-43)42-17-16-20-46(37-42)68(45-18-6-5-7-19-45)47-30-32-57-56-27-14-15-28-59(56)69(60(57)40-47)61-39-44(33-35-66-61)65(2,3)4;/h5-36,38-39H,1-4H3;/q-2;+2. The molecule has 4 nitrogen and oxygen atoms in total. The van der Waals surface area contributed by atoms with Crippen LogP contribution in [0.3, 0.4) is 0 Å². The van der Waals surface area contributed by atoms with E-state index in [4.69, 9.17) is 9.97 Å². The third-order valence-electron chi connectivity index (χ3n) is 14.0. The molecule has 8 aromatic carbocycles. The van der Waals surface area contributed by atoms with Crippen LogP contribution < -0.4 is 4.90 Å². The van der Waals surface area contributed by atoms with Gasteiger partial charge in [-0.15, -0.1) is 58.7 Å². The van der Waals surface area contributed by atoms with Crippen molar-refractivity contribution in [2.45, 2.75) is 33.1 Å². The summed E-state index contributed by atoms with van der Waals surface area (Å²) in [5, 5.41) is 3.48. The quantitative estimate of drug-likeness (QED) is 0.156. The van der Waals surface area contributed by atoms with Crippen molar-refractivity contribution in [3.63, 3.8) is 0 Å². The van der Waals surface area contributed by atoms with Crippen LogP contribution in [0.15, 0.2) is 207 Å². The summed E-state index contributed by atoms with van der Waals surface area (Å²) in [5.74, 6) is 0.874. The first-order valence-electron chi connectivity index (χ1n) is 23.9. The van der Waals surface area contributed by atoms with Crippen LogP contribution >= 0.6 is 11.3 Å². The number of rotatable bonds is 6. The second-order valence-corrected chi connectivity index (χ2v) is 20.2. The van der Waals surface area contributed by atoms with E-state index >= 15 is 0 Å². The molecule has 0 saturated heterocycles. The molecule has 1 aliphatic carbocycles.